The number of carbonyl (C=O) groups is 1. The Morgan fingerprint density at radius 2 is 1.89 bits per heavy atom. The average molecular weight is 367 g/mol. The van der Waals surface area contributed by atoms with Crippen molar-refractivity contribution in [2.45, 2.75) is 39.0 Å². The number of carbonyl (C=O) groups excluding carboxylic acids is 1. The third kappa shape index (κ3) is 5.25. The van der Waals surface area contributed by atoms with Crippen LogP contribution in [0.5, 0.6) is 5.75 Å². The molecule has 0 unspecified atom stereocenters. The molecule has 1 N–H and O–H groups in total. The number of ether oxygens (including phenoxy) is 1. The molecule has 1 heterocycles. The molecule has 0 radical (unpaired) electrons. The van der Waals surface area contributed by atoms with E-state index in [1.165, 1.54) is 23.2 Å². The fraction of sp³-hybridized carbons (Fsp3) is 0.435. The Balaban J connectivity index is 1.43. The van der Waals surface area contributed by atoms with Gasteiger partial charge in [-0.2, -0.15) is 0 Å². The minimum absolute atomic E-state index is 0.112. The summed E-state index contributed by atoms with van der Waals surface area (Å²) in [6.07, 6.45) is 4.54. The number of fused-ring (bicyclic) bond motifs is 1. The van der Waals surface area contributed by atoms with Crippen molar-refractivity contribution in [2.75, 3.05) is 31.6 Å². The van der Waals surface area contributed by atoms with Crippen molar-refractivity contribution in [1.29, 1.82) is 0 Å². The Bertz CT molecular complexity index is 755. The van der Waals surface area contributed by atoms with Gasteiger partial charge in [0.05, 0.1) is 7.11 Å². The number of aryl methyl sites for hydroxylation is 2. The number of methoxy groups -OCH3 is 1. The SMILES string of the molecule is CCN1CCCc2cc(CCNC(=O)CCc3ccc(OC)cc3)ccc21. The van der Waals surface area contributed by atoms with Gasteiger partial charge in [0.15, 0.2) is 0 Å². The standard InChI is InChI=1S/C23H30N2O2/c1-3-25-16-4-5-20-17-19(8-12-22(20)25)14-15-24-23(26)13-9-18-6-10-21(27-2)11-7-18/h6-8,10-12,17H,3-5,9,13-16H2,1-2H3,(H,24,26). The fourth-order valence-corrected chi connectivity index (χ4v) is 3.70. The number of hydrogen-bond acceptors (Lipinski definition) is 3. The van der Waals surface area contributed by atoms with Gasteiger partial charge in [0.25, 0.3) is 0 Å². The maximum atomic E-state index is 12.1. The summed E-state index contributed by atoms with van der Waals surface area (Å²) < 4.78 is 5.15. The lowest BCUT2D eigenvalue weighted by Gasteiger charge is -2.30. The van der Waals surface area contributed by atoms with Crippen LogP contribution in [0.1, 0.15) is 36.5 Å². The van der Waals surface area contributed by atoms with Crippen LogP contribution in [-0.2, 0) is 24.1 Å². The van der Waals surface area contributed by atoms with E-state index in [0.717, 1.165) is 43.7 Å². The second-order valence-corrected chi connectivity index (χ2v) is 7.09. The smallest absolute Gasteiger partial charge is 0.220 e. The normalized spacial score (nSPS) is 13.2. The van der Waals surface area contributed by atoms with E-state index in [1.54, 1.807) is 7.11 Å². The highest BCUT2D eigenvalue weighted by atomic mass is 16.5. The molecule has 1 aliphatic heterocycles. The first kappa shape index (κ1) is 19.3. The molecule has 4 nitrogen and oxygen atoms in total. The van der Waals surface area contributed by atoms with Crippen molar-refractivity contribution < 1.29 is 9.53 Å². The average Bonchev–Trinajstić information content (AvgIpc) is 2.72. The lowest BCUT2D eigenvalue weighted by atomic mass is 9.98. The van der Waals surface area contributed by atoms with Gasteiger partial charge in [-0.15, -0.1) is 0 Å². The number of hydrogen-bond donors (Lipinski definition) is 1. The highest BCUT2D eigenvalue weighted by molar-refractivity contribution is 5.76. The second kappa shape index (κ2) is 9.45. The van der Waals surface area contributed by atoms with E-state index in [1.807, 2.05) is 24.3 Å². The molecule has 27 heavy (non-hydrogen) atoms. The van der Waals surface area contributed by atoms with Crippen LogP contribution in [0.2, 0.25) is 0 Å². The molecule has 0 fully saturated rings. The zero-order valence-electron chi connectivity index (χ0n) is 16.5. The lowest BCUT2D eigenvalue weighted by molar-refractivity contribution is -0.121. The van der Waals surface area contributed by atoms with Gasteiger partial charge >= 0.3 is 0 Å². The molecular weight excluding hydrogens is 336 g/mol. The summed E-state index contributed by atoms with van der Waals surface area (Å²) in [6, 6.07) is 14.7. The Labute approximate surface area is 162 Å². The summed E-state index contributed by atoms with van der Waals surface area (Å²) in [4.78, 5) is 14.5. The minimum atomic E-state index is 0.112. The Kier molecular flexibility index (Phi) is 6.74. The predicted molar refractivity (Wildman–Crippen MR) is 111 cm³/mol. The molecular formula is C23H30N2O2. The van der Waals surface area contributed by atoms with Crippen LogP contribution in [0, 0.1) is 0 Å². The van der Waals surface area contributed by atoms with Gasteiger partial charge in [-0.05, 0) is 67.5 Å². The zero-order valence-corrected chi connectivity index (χ0v) is 16.5. The van der Waals surface area contributed by atoms with Gasteiger partial charge in [0.1, 0.15) is 5.75 Å². The van der Waals surface area contributed by atoms with E-state index in [0.29, 0.717) is 13.0 Å². The Morgan fingerprint density at radius 1 is 1.11 bits per heavy atom. The van der Waals surface area contributed by atoms with Crippen LogP contribution in [0.15, 0.2) is 42.5 Å². The molecule has 0 spiro atoms. The Morgan fingerprint density at radius 3 is 2.63 bits per heavy atom. The number of anilines is 1. The summed E-state index contributed by atoms with van der Waals surface area (Å²) in [5.41, 5.74) is 5.30. The van der Waals surface area contributed by atoms with Crippen LogP contribution < -0.4 is 15.0 Å². The number of nitrogens with one attached hydrogen (secondary N) is 1. The largest absolute Gasteiger partial charge is 0.497 e. The number of nitrogens with zero attached hydrogens (tertiary/aromatic N) is 1. The summed E-state index contributed by atoms with van der Waals surface area (Å²) in [5.74, 6) is 0.955. The summed E-state index contributed by atoms with van der Waals surface area (Å²) in [6.45, 7) is 5.13. The molecule has 0 saturated heterocycles. The minimum Gasteiger partial charge on any atom is -0.497 e. The molecule has 4 heteroatoms. The van der Waals surface area contributed by atoms with E-state index < -0.39 is 0 Å². The van der Waals surface area contributed by atoms with Crippen LogP contribution in [0.4, 0.5) is 5.69 Å². The third-order valence-electron chi connectivity index (χ3n) is 5.28. The summed E-state index contributed by atoms with van der Waals surface area (Å²) >= 11 is 0. The molecule has 0 atom stereocenters. The second-order valence-electron chi connectivity index (χ2n) is 7.09. The van der Waals surface area contributed by atoms with Crippen LogP contribution >= 0.6 is 0 Å². The molecule has 2 aromatic carbocycles. The maximum Gasteiger partial charge on any atom is 0.220 e. The fourth-order valence-electron chi connectivity index (χ4n) is 3.70. The number of amides is 1. The van der Waals surface area contributed by atoms with Crippen LogP contribution in [-0.4, -0.2) is 32.7 Å². The van der Waals surface area contributed by atoms with E-state index in [4.69, 9.17) is 4.74 Å². The molecule has 0 aromatic heterocycles. The van der Waals surface area contributed by atoms with E-state index in [9.17, 15) is 4.79 Å². The van der Waals surface area contributed by atoms with Crippen molar-refractivity contribution in [2.24, 2.45) is 0 Å². The topological polar surface area (TPSA) is 41.6 Å². The van der Waals surface area contributed by atoms with Crippen molar-refractivity contribution in [3.63, 3.8) is 0 Å². The molecule has 144 valence electrons. The summed E-state index contributed by atoms with van der Waals surface area (Å²) in [5, 5.41) is 3.05. The molecule has 1 amide bonds. The Hall–Kier alpha value is -2.49. The lowest BCUT2D eigenvalue weighted by Crippen LogP contribution is -2.29. The molecule has 0 saturated carbocycles. The van der Waals surface area contributed by atoms with Crippen molar-refractivity contribution >= 4 is 11.6 Å². The first-order valence-electron chi connectivity index (χ1n) is 9.96. The number of rotatable bonds is 8. The van der Waals surface area contributed by atoms with Crippen molar-refractivity contribution in [3.8, 4) is 5.75 Å². The first-order chi connectivity index (χ1) is 13.2. The molecule has 0 bridgehead atoms. The van der Waals surface area contributed by atoms with Gasteiger partial charge in [0.2, 0.25) is 5.91 Å². The quantitative estimate of drug-likeness (QED) is 0.773. The van der Waals surface area contributed by atoms with Gasteiger partial charge in [-0.25, -0.2) is 0 Å². The van der Waals surface area contributed by atoms with Crippen molar-refractivity contribution in [3.05, 3.63) is 59.2 Å². The van der Waals surface area contributed by atoms with Crippen molar-refractivity contribution in [1.82, 2.24) is 5.32 Å². The monoisotopic (exact) mass is 366 g/mol. The number of benzene rings is 2. The maximum absolute atomic E-state index is 12.1. The third-order valence-corrected chi connectivity index (χ3v) is 5.28. The van der Waals surface area contributed by atoms with E-state index in [-0.39, 0.29) is 5.91 Å². The van der Waals surface area contributed by atoms with Crippen LogP contribution in [0.3, 0.4) is 0 Å². The van der Waals surface area contributed by atoms with Gasteiger partial charge in [-0.3, -0.25) is 4.79 Å². The molecule has 1 aliphatic rings. The summed E-state index contributed by atoms with van der Waals surface area (Å²) in [7, 11) is 1.66. The van der Waals surface area contributed by atoms with E-state index >= 15 is 0 Å². The zero-order chi connectivity index (χ0) is 19.1. The highest BCUT2D eigenvalue weighted by Gasteiger charge is 2.15. The molecule has 3 rings (SSSR count). The van der Waals surface area contributed by atoms with Gasteiger partial charge in [-0.1, -0.05) is 24.3 Å². The first-order valence-corrected chi connectivity index (χ1v) is 9.96. The highest BCUT2D eigenvalue weighted by Crippen LogP contribution is 2.27. The van der Waals surface area contributed by atoms with Gasteiger partial charge < -0.3 is 15.0 Å². The molecule has 0 aliphatic carbocycles. The van der Waals surface area contributed by atoms with Crippen LogP contribution in [0.25, 0.3) is 0 Å². The van der Waals surface area contributed by atoms with Gasteiger partial charge in [0, 0.05) is 31.7 Å². The molecule has 2 aromatic rings. The van der Waals surface area contributed by atoms with E-state index in [2.05, 4.69) is 35.3 Å². The predicted octanol–water partition coefficient (Wildman–Crippen LogP) is 3.76.